The van der Waals surface area contributed by atoms with Gasteiger partial charge < -0.3 is 9.74 Å². The monoisotopic (exact) mass is 422 g/mol. The molecule has 0 aromatic heterocycles. The fourth-order valence-electron chi connectivity index (χ4n) is 4.09. The molecule has 0 bridgehead atoms. The number of hydrogen-bond donors (Lipinski definition) is 1. The number of halogens is 1. The Hall–Kier alpha value is -1.24. The molecule has 1 amide bonds. The van der Waals surface area contributed by atoms with Crippen molar-refractivity contribution in [2.45, 2.75) is 90.1 Å². The molecule has 1 heterocycles. The summed E-state index contributed by atoms with van der Waals surface area (Å²) in [6.07, 6.45) is -1.16. The first kappa shape index (κ1) is 24.0. The number of carbonyl (C=O) groups excluding carboxylic acids is 1. The van der Waals surface area contributed by atoms with Gasteiger partial charge in [0, 0.05) is 25.6 Å². The van der Waals surface area contributed by atoms with Crippen molar-refractivity contribution in [1.29, 1.82) is 0 Å². The van der Waals surface area contributed by atoms with Crippen LogP contribution in [0.25, 0.3) is 0 Å². The summed E-state index contributed by atoms with van der Waals surface area (Å²) in [6.45, 7) is 15.3. The number of nitrogens with one attached hydrogen (secondary N) is 1. The fourth-order valence-corrected chi connectivity index (χ4v) is 5.39. The van der Waals surface area contributed by atoms with E-state index < -0.39 is 26.6 Å². The maximum Gasteiger partial charge on any atom is 0.239 e. The van der Waals surface area contributed by atoms with Crippen LogP contribution in [-0.4, -0.2) is 50.5 Å². The summed E-state index contributed by atoms with van der Waals surface area (Å²) >= 11 is 0. The molecule has 1 fully saturated rings. The molecule has 1 aliphatic rings. The first-order chi connectivity index (χ1) is 13.4. The van der Waals surface area contributed by atoms with Gasteiger partial charge in [0.25, 0.3) is 0 Å². The first-order valence-corrected chi connectivity index (χ1v) is 13.7. The number of benzene rings is 1. The van der Waals surface area contributed by atoms with E-state index in [1.165, 1.54) is 0 Å². The molecular weight excluding hydrogens is 383 g/mol. The Morgan fingerprint density at radius 3 is 2.31 bits per heavy atom. The molecule has 5 atom stereocenters. The lowest BCUT2D eigenvalue weighted by molar-refractivity contribution is -0.146. The highest BCUT2D eigenvalue weighted by atomic mass is 28.4. The molecule has 6 heteroatoms. The maximum absolute atomic E-state index is 15.7. The zero-order valence-electron chi connectivity index (χ0n) is 19.3. The largest absolute Gasteiger partial charge is 0.409 e. The number of rotatable bonds is 6. The van der Waals surface area contributed by atoms with Gasteiger partial charge in [-0.25, -0.2) is 4.39 Å². The van der Waals surface area contributed by atoms with Gasteiger partial charge in [0.2, 0.25) is 5.91 Å². The van der Waals surface area contributed by atoms with Gasteiger partial charge in [-0.1, -0.05) is 65.0 Å². The quantitative estimate of drug-likeness (QED) is 0.672. The van der Waals surface area contributed by atoms with E-state index in [4.69, 9.17) is 4.43 Å². The number of likely N-dealkylation sites (N-methyl/N-ethyl adjacent to an activating group) is 1. The second-order valence-corrected chi connectivity index (χ2v) is 14.6. The lowest BCUT2D eigenvalue weighted by Crippen LogP contribution is -2.68. The predicted molar refractivity (Wildman–Crippen MR) is 120 cm³/mol. The SMILES string of the molecule is CC[C@@H]1[C@@H](C)[C@H](F)[C@H](O[Si](C)(C)C(C)(C)C)[C@@H](C(=O)NC)N1Cc1ccccc1. The molecule has 1 aromatic rings. The minimum Gasteiger partial charge on any atom is -0.409 e. The summed E-state index contributed by atoms with van der Waals surface area (Å²) in [5.41, 5.74) is 1.12. The van der Waals surface area contributed by atoms with Gasteiger partial charge in [0.05, 0.1) is 0 Å². The van der Waals surface area contributed by atoms with Gasteiger partial charge in [-0.3, -0.25) is 9.69 Å². The van der Waals surface area contributed by atoms with Crippen LogP contribution in [-0.2, 0) is 15.8 Å². The third-order valence-corrected chi connectivity index (χ3v) is 11.4. The Labute approximate surface area is 177 Å². The van der Waals surface area contributed by atoms with Crippen LogP contribution in [0.4, 0.5) is 4.39 Å². The molecule has 29 heavy (non-hydrogen) atoms. The normalized spacial score (nSPS) is 28.9. The van der Waals surface area contributed by atoms with Crippen LogP contribution < -0.4 is 5.32 Å². The van der Waals surface area contributed by atoms with Gasteiger partial charge in [-0.05, 0) is 30.1 Å². The number of carbonyl (C=O) groups is 1. The third kappa shape index (κ3) is 5.09. The van der Waals surface area contributed by atoms with E-state index in [0.717, 1.165) is 12.0 Å². The van der Waals surface area contributed by atoms with Crippen LogP contribution in [0.15, 0.2) is 30.3 Å². The lowest BCUT2D eigenvalue weighted by Gasteiger charge is -2.52. The molecule has 0 aliphatic carbocycles. The lowest BCUT2D eigenvalue weighted by atomic mass is 9.81. The summed E-state index contributed by atoms with van der Waals surface area (Å²) in [6, 6.07) is 9.43. The van der Waals surface area contributed by atoms with Crippen LogP contribution in [0.2, 0.25) is 18.1 Å². The number of nitrogens with zero attached hydrogens (tertiary/aromatic N) is 1. The van der Waals surface area contributed by atoms with E-state index in [2.05, 4.69) is 63.1 Å². The molecule has 1 N–H and O–H groups in total. The molecule has 0 spiro atoms. The zero-order valence-corrected chi connectivity index (χ0v) is 20.3. The number of amides is 1. The molecule has 0 unspecified atom stereocenters. The molecule has 0 saturated carbocycles. The highest BCUT2D eigenvalue weighted by Crippen LogP contribution is 2.42. The number of piperidine rings is 1. The Morgan fingerprint density at radius 2 is 1.83 bits per heavy atom. The van der Waals surface area contributed by atoms with Crippen molar-refractivity contribution in [2.75, 3.05) is 7.05 Å². The molecule has 1 saturated heterocycles. The summed E-state index contributed by atoms with van der Waals surface area (Å²) in [7, 11) is -0.641. The van der Waals surface area contributed by atoms with Crippen molar-refractivity contribution >= 4 is 14.2 Å². The van der Waals surface area contributed by atoms with Crippen molar-refractivity contribution < 1.29 is 13.6 Å². The number of hydrogen-bond acceptors (Lipinski definition) is 3. The van der Waals surface area contributed by atoms with Gasteiger partial charge >= 0.3 is 0 Å². The van der Waals surface area contributed by atoms with Crippen LogP contribution >= 0.6 is 0 Å². The smallest absolute Gasteiger partial charge is 0.239 e. The zero-order chi connectivity index (χ0) is 22.0. The van der Waals surface area contributed by atoms with E-state index in [1.807, 2.05) is 25.1 Å². The van der Waals surface area contributed by atoms with Crippen LogP contribution in [0, 0.1) is 5.92 Å². The average molecular weight is 423 g/mol. The molecule has 2 rings (SSSR count). The Balaban J connectivity index is 2.48. The molecular formula is C23H39FN2O2Si. The highest BCUT2D eigenvalue weighted by Gasteiger charge is 2.53. The number of likely N-dealkylation sites (tertiary alicyclic amines) is 1. The fraction of sp³-hybridized carbons (Fsp3) is 0.696. The minimum absolute atomic E-state index is 0.0215. The van der Waals surface area contributed by atoms with Crippen molar-refractivity contribution in [1.82, 2.24) is 10.2 Å². The third-order valence-electron chi connectivity index (χ3n) is 6.90. The van der Waals surface area contributed by atoms with Crippen molar-refractivity contribution in [3.8, 4) is 0 Å². The average Bonchev–Trinajstić information content (AvgIpc) is 2.65. The molecule has 4 nitrogen and oxygen atoms in total. The summed E-state index contributed by atoms with van der Waals surface area (Å²) < 4.78 is 22.3. The van der Waals surface area contributed by atoms with Gasteiger partial charge in [-0.2, -0.15) is 0 Å². The van der Waals surface area contributed by atoms with E-state index in [1.54, 1.807) is 7.05 Å². The summed E-state index contributed by atoms with van der Waals surface area (Å²) in [4.78, 5) is 15.2. The maximum atomic E-state index is 15.7. The summed E-state index contributed by atoms with van der Waals surface area (Å²) in [5.74, 6) is -0.378. The molecule has 1 aliphatic heterocycles. The van der Waals surface area contributed by atoms with Crippen molar-refractivity contribution in [2.24, 2.45) is 5.92 Å². The van der Waals surface area contributed by atoms with Crippen molar-refractivity contribution in [3.05, 3.63) is 35.9 Å². The van der Waals surface area contributed by atoms with Crippen LogP contribution in [0.3, 0.4) is 0 Å². The number of alkyl halides is 1. The Kier molecular flexibility index (Phi) is 7.68. The van der Waals surface area contributed by atoms with Crippen LogP contribution in [0.1, 0.15) is 46.6 Å². The minimum atomic E-state index is -2.26. The van der Waals surface area contributed by atoms with E-state index in [-0.39, 0.29) is 22.9 Å². The Bertz CT molecular complexity index is 677. The van der Waals surface area contributed by atoms with Gasteiger partial charge in [0.15, 0.2) is 8.32 Å². The standard InChI is InChI=1S/C23H39FN2O2Si/c1-9-18-16(2)19(24)21(28-29(7,8)23(3,4)5)20(22(27)25-6)26(18)15-17-13-11-10-12-14-17/h10-14,16,18-21H,9,15H2,1-8H3,(H,25,27)/t16-,18-,19+,20+,21+/m1/s1. The second kappa shape index (κ2) is 9.27. The van der Waals surface area contributed by atoms with E-state index in [9.17, 15) is 4.79 Å². The molecule has 1 aromatic carbocycles. The van der Waals surface area contributed by atoms with Crippen molar-refractivity contribution in [3.63, 3.8) is 0 Å². The molecule has 0 radical (unpaired) electrons. The van der Waals surface area contributed by atoms with E-state index >= 15 is 4.39 Å². The van der Waals surface area contributed by atoms with Crippen LogP contribution in [0.5, 0.6) is 0 Å². The second-order valence-electron chi connectivity index (χ2n) is 9.84. The Morgan fingerprint density at radius 1 is 1.24 bits per heavy atom. The predicted octanol–water partition coefficient (Wildman–Crippen LogP) is 4.76. The highest BCUT2D eigenvalue weighted by molar-refractivity contribution is 6.74. The van der Waals surface area contributed by atoms with Gasteiger partial charge in [0.1, 0.15) is 18.3 Å². The topological polar surface area (TPSA) is 41.6 Å². The summed E-state index contributed by atoms with van der Waals surface area (Å²) in [5, 5.41) is 2.71. The van der Waals surface area contributed by atoms with Gasteiger partial charge in [-0.15, -0.1) is 0 Å². The molecule has 164 valence electrons. The first-order valence-electron chi connectivity index (χ1n) is 10.8. The van der Waals surface area contributed by atoms with E-state index in [0.29, 0.717) is 6.54 Å².